The van der Waals surface area contributed by atoms with Crippen LogP contribution in [0.2, 0.25) is 0 Å². The summed E-state index contributed by atoms with van der Waals surface area (Å²) in [6, 6.07) is 10.3. The smallest absolute Gasteiger partial charge is 0.265 e. The lowest BCUT2D eigenvalue weighted by Gasteiger charge is -2.17. The molecular weight excluding hydrogens is 386 g/mol. The number of carbonyl (C=O) groups is 2. The lowest BCUT2D eigenvalue weighted by molar-refractivity contribution is 0.0953. The summed E-state index contributed by atoms with van der Waals surface area (Å²) in [7, 11) is -3.24. The second-order valence-corrected chi connectivity index (χ2v) is 8.77. The molecule has 0 atom stereocenters. The summed E-state index contributed by atoms with van der Waals surface area (Å²) in [5.74, 6) is -0.587. The highest BCUT2D eigenvalue weighted by Crippen LogP contribution is 2.18. The Balaban J connectivity index is 1.94. The maximum absolute atomic E-state index is 12.5. The minimum atomic E-state index is -3.24. The zero-order valence-electron chi connectivity index (χ0n) is 15.3. The highest BCUT2D eigenvalue weighted by molar-refractivity contribution is 7.88. The molecule has 0 aliphatic heterocycles. The highest BCUT2D eigenvalue weighted by Gasteiger charge is 2.16. The second-order valence-electron chi connectivity index (χ2n) is 5.84. The van der Waals surface area contributed by atoms with Gasteiger partial charge in [0.25, 0.3) is 11.8 Å². The zero-order chi connectivity index (χ0) is 19.9. The number of hydrogen-bond donors (Lipinski definition) is 2. The molecule has 7 nitrogen and oxygen atoms in total. The van der Waals surface area contributed by atoms with E-state index < -0.39 is 10.0 Å². The van der Waals surface area contributed by atoms with E-state index in [9.17, 15) is 18.0 Å². The first-order valence-corrected chi connectivity index (χ1v) is 11.2. The predicted molar refractivity (Wildman–Crippen MR) is 108 cm³/mol. The molecule has 0 aliphatic carbocycles. The summed E-state index contributed by atoms with van der Waals surface area (Å²) < 4.78 is 24.5. The third kappa shape index (κ3) is 6.16. The summed E-state index contributed by atoms with van der Waals surface area (Å²) in [5.41, 5.74) is 0.789. The van der Waals surface area contributed by atoms with E-state index in [1.165, 1.54) is 21.9 Å². The Bertz CT molecular complexity index is 880. The van der Waals surface area contributed by atoms with E-state index in [1.807, 2.05) is 5.38 Å². The minimum Gasteiger partial charge on any atom is -0.352 e. The lowest BCUT2D eigenvalue weighted by Crippen LogP contribution is -2.33. The molecule has 9 heteroatoms. The van der Waals surface area contributed by atoms with Gasteiger partial charge in [-0.2, -0.15) is 0 Å². The second kappa shape index (κ2) is 9.63. The number of para-hydroxylation sites is 1. The van der Waals surface area contributed by atoms with Crippen LogP contribution in [0.25, 0.3) is 0 Å². The van der Waals surface area contributed by atoms with E-state index in [4.69, 9.17) is 0 Å². The zero-order valence-corrected chi connectivity index (χ0v) is 16.9. The van der Waals surface area contributed by atoms with E-state index in [2.05, 4.69) is 10.6 Å². The average molecular weight is 410 g/mol. The van der Waals surface area contributed by atoms with E-state index in [-0.39, 0.29) is 11.8 Å². The number of nitrogens with zero attached hydrogens (tertiary/aromatic N) is 1. The quantitative estimate of drug-likeness (QED) is 0.622. The third-order valence-electron chi connectivity index (χ3n) is 3.86. The maximum Gasteiger partial charge on any atom is 0.265 e. The monoisotopic (exact) mass is 409 g/mol. The lowest BCUT2D eigenvalue weighted by atomic mass is 10.1. The summed E-state index contributed by atoms with van der Waals surface area (Å²) in [6.45, 7) is 2.83. The van der Waals surface area contributed by atoms with E-state index in [1.54, 1.807) is 43.3 Å². The van der Waals surface area contributed by atoms with Crippen LogP contribution in [0.3, 0.4) is 0 Å². The Morgan fingerprint density at radius 3 is 2.48 bits per heavy atom. The van der Waals surface area contributed by atoms with Crippen molar-refractivity contribution in [3.8, 4) is 0 Å². The number of sulfonamides is 1. The molecule has 0 saturated carbocycles. The van der Waals surface area contributed by atoms with Gasteiger partial charge < -0.3 is 10.6 Å². The van der Waals surface area contributed by atoms with Crippen molar-refractivity contribution in [2.24, 2.45) is 0 Å². The SMILES string of the molecule is CCN(CCCNC(=O)c1ccccc1NC(=O)c1cccs1)S(C)(=O)=O. The third-order valence-corrected chi connectivity index (χ3v) is 6.10. The van der Waals surface area contributed by atoms with Crippen LogP contribution in [0, 0.1) is 0 Å². The minimum absolute atomic E-state index is 0.267. The Hall–Kier alpha value is -2.23. The number of carbonyl (C=O) groups excluding carboxylic acids is 2. The van der Waals surface area contributed by atoms with Gasteiger partial charge in [0.2, 0.25) is 10.0 Å². The van der Waals surface area contributed by atoms with Crippen LogP contribution in [0.5, 0.6) is 0 Å². The fraction of sp³-hybridized carbons (Fsp3) is 0.333. The van der Waals surface area contributed by atoms with Crippen molar-refractivity contribution in [3.63, 3.8) is 0 Å². The molecule has 0 bridgehead atoms. The van der Waals surface area contributed by atoms with Gasteiger partial charge in [-0.05, 0) is 30.0 Å². The number of nitrogens with one attached hydrogen (secondary N) is 2. The predicted octanol–water partition coefficient (Wildman–Crippen LogP) is 2.40. The van der Waals surface area contributed by atoms with Crippen molar-refractivity contribution in [2.75, 3.05) is 31.2 Å². The van der Waals surface area contributed by atoms with Crippen LogP contribution in [-0.2, 0) is 10.0 Å². The molecule has 146 valence electrons. The average Bonchev–Trinajstić information content (AvgIpc) is 3.15. The van der Waals surface area contributed by atoms with E-state index in [0.29, 0.717) is 42.2 Å². The van der Waals surface area contributed by atoms with Crippen LogP contribution in [0.4, 0.5) is 5.69 Å². The Morgan fingerprint density at radius 2 is 1.85 bits per heavy atom. The normalized spacial score (nSPS) is 11.4. The van der Waals surface area contributed by atoms with Gasteiger partial charge in [-0.1, -0.05) is 25.1 Å². The number of amides is 2. The number of anilines is 1. The Kier molecular flexibility index (Phi) is 7.52. The van der Waals surface area contributed by atoms with Crippen molar-refractivity contribution in [2.45, 2.75) is 13.3 Å². The van der Waals surface area contributed by atoms with Crippen molar-refractivity contribution >= 4 is 38.9 Å². The molecule has 1 aromatic carbocycles. The number of rotatable bonds is 9. The first kappa shape index (κ1) is 21.1. The maximum atomic E-state index is 12.5. The summed E-state index contributed by atoms with van der Waals surface area (Å²) in [6.07, 6.45) is 1.66. The largest absolute Gasteiger partial charge is 0.352 e. The number of thiophene rings is 1. The molecule has 0 saturated heterocycles. The molecule has 0 radical (unpaired) electrons. The van der Waals surface area contributed by atoms with Crippen LogP contribution in [-0.4, -0.2) is 50.4 Å². The molecule has 2 rings (SSSR count). The molecule has 0 unspecified atom stereocenters. The van der Waals surface area contributed by atoms with Crippen LogP contribution < -0.4 is 10.6 Å². The summed E-state index contributed by atoms with van der Waals surface area (Å²) in [4.78, 5) is 25.2. The molecule has 1 heterocycles. The molecule has 0 aliphatic rings. The van der Waals surface area contributed by atoms with Gasteiger partial charge in [-0.3, -0.25) is 9.59 Å². The number of benzene rings is 1. The summed E-state index contributed by atoms with van der Waals surface area (Å²) >= 11 is 1.32. The van der Waals surface area contributed by atoms with Gasteiger partial charge in [0.05, 0.1) is 22.4 Å². The molecule has 1 aromatic heterocycles. The molecule has 0 spiro atoms. The molecule has 27 heavy (non-hydrogen) atoms. The van der Waals surface area contributed by atoms with Gasteiger partial charge in [0.1, 0.15) is 0 Å². The molecule has 0 fully saturated rings. The van der Waals surface area contributed by atoms with Crippen LogP contribution in [0.15, 0.2) is 41.8 Å². The van der Waals surface area contributed by atoms with Gasteiger partial charge >= 0.3 is 0 Å². The van der Waals surface area contributed by atoms with Crippen molar-refractivity contribution in [3.05, 3.63) is 52.2 Å². The molecule has 2 aromatic rings. The standard InChI is InChI=1S/C18H23N3O4S2/c1-3-21(27(2,24)25)12-7-11-19-17(22)14-8-4-5-9-15(14)20-18(23)16-10-6-13-26-16/h4-6,8-10,13H,3,7,11-12H2,1-2H3,(H,19,22)(H,20,23). The van der Waals surface area contributed by atoms with Gasteiger partial charge in [-0.15, -0.1) is 11.3 Å². The topological polar surface area (TPSA) is 95.6 Å². The first-order chi connectivity index (χ1) is 12.8. The van der Waals surface area contributed by atoms with Crippen molar-refractivity contribution in [1.29, 1.82) is 0 Å². The van der Waals surface area contributed by atoms with E-state index in [0.717, 1.165) is 0 Å². The molecule has 2 amide bonds. The van der Waals surface area contributed by atoms with Crippen molar-refractivity contribution < 1.29 is 18.0 Å². The summed E-state index contributed by atoms with van der Waals surface area (Å²) in [5, 5.41) is 7.33. The van der Waals surface area contributed by atoms with Gasteiger partial charge in [0, 0.05) is 19.6 Å². The molecular formula is C18H23N3O4S2. The van der Waals surface area contributed by atoms with E-state index >= 15 is 0 Å². The first-order valence-electron chi connectivity index (χ1n) is 8.50. The fourth-order valence-electron chi connectivity index (χ4n) is 2.49. The van der Waals surface area contributed by atoms with Gasteiger partial charge in [-0.25, -0.2) is 12.7 Å². The molecule has 2 N–H and O–H groups in total. The van der Waals surface area contributed by atoms with Gasteiger partial charge in [0.15, 0.2) is 0 Å². The fourth-order valence-corrected chi connectivity index (χ4v) is 4.04. The Morgan fingerprint density at radius 1 is 1.11 bits per heavy atom. The van der Waals surface area contributed by atoms with Crippen molar-refractivity contribution in [1.82, 2.24) is 9.62 Å². The Labute approximate surface area is 163 Å². The van der Waals surface area contributed by atoms with Crippen LogP contribution in [0.1, 0.15) is 33.4 Å². The number of hydrogen-bond acceptors (Lipinski definition) is 5. The van der Waals surface area contributed by atoms with Crippen LogP contribution >= 0.6 is 11.3 Å². The highest BCUT2D eigenvalue weighted by atomic mass is 32.2.